The van der Waals surface area contributed by atoms with E-state index in [2.05, 4.69) is 0 Å². The van der Waals surface area contributed by atoms with Crippen molar-refractivity contribution >= 4 is 5.91 Å². The quantitative estimate of drug-likeness (QED) is 0.706. The fraction of sp³-hybridized carbons (Fsp3) is 0.700. The van der Waals surface area contributed by atoms with Crippen LogP contribution >= 0.6 is 0 Å². The molecule has 0 saturated carbocycles. The van der Waals surface area contributed by atoms with Crippen molar-refractivity contribution in [2.45, 2.75) is 26.4 Å². The maximum atomic E-state index is 11.7. The number of amides is 1. The van der Waals surface area contributed by atoms with Gasteiger partial charge in [0.2, 0.25) is 5.76 Å². The summed E-state index contributed by atoms with van der Waals surface area (Å²) < 4.78 is 10.00. The molecule has 0 aromatic rings. The number of methoxy groups -OCH3 is 2. The van der Waals surface area contributed by atoms with Crippen molar-refractivity contribution in [2.24, 2.45) is 0 Å². The number of carbonyl (C=O) groups is 1. The molecule has 1 heterocycles. The highest BCUT2D eigenvalue weighted by atomic mass is 16.7. The second-order valence-corrected chi connectivity index (χ2v) is 4.21. The van der Waals surface area contributed by atoms with Gasteiger partial charge in [0.05, 0.1) is 19.8 Å². The van der Waals surface area contributed by atoms with Crippen molar-refractivity contribution < 1.29 is 19.1 Å². The van der Waals surface area contributed by atoms with Crippen LogP contribution in [0.3, 0.4) is 0 Å². The average Bonchev–Trinajstić information content (AvgIpc) is 2.40. The second kappa shape index (κ2) is 4.10. The zero-order valence-corrected chi connectivity index (χ0v) is 9.79. The first-order valence-corrected chi connectivity index (χ1v) is 4.71. The molecule has 0 spiro atoms. The minimum absolute atomic E-state index is 0.210. The molecule has 5 nitrogen and oxygen atoms in total. The first-order valence-electron chi connectivity index (χ1n) is 4.71. The van der Waals surface area contributed by atoms with Crippen molar-refractivity contribution in [2.75, 3.05) is 20.8 Å². The monoisotopic (exact) mass is 215 g/mol. The normalized spacial score (nSPS) is 17.4. The van der Waals surface area contributed by atoms with E-state index in [1.54, 1.807) is 0 Å². The summed E-state index contributed by atoms with van der Waals surface area (Å²) in [6.45, 7) is 5.91. The third-order valence-electron chi connectivity index (χ3n) is 1.80. The van der Waals surface area contributed by atoms with E-state index in [-0.39, 0.29) is 18.2 Å². The molecular formula is C10H17NO4. The predicted octanol–water partition coefficient (Wildman–Crippen LogP) is 1.06. The van der Waals surface area contributed by atoms with Crippen molar-refractivity contribution in [1.82, 2.24) is 5.06 Å². The summed E-state index contributed by atoms with van der Waals surface area (Å²) in [4.78, 5) is 17.2. The minimum Gasteiger partial charge on any atom is -0.495 e. The third-order valence-corrected chi connectivity index (χ3v) is 1.80. The average molecular weight is 215 g/mol. The van der Waals surface area contributed by atoms with Crippen LogP contribution in [0.4, 0.5) is 0 Å². The number of hydroxylamine groups is 2. The zero-order valence-electron chi connectivity index (χ0n) is 9.79. The molecule has 0 unspecified atom stereocenters. The van der Waals surface area contributed by atoms with Gasteiger partial charge < -0.3 is 9.47 Å². The van der Waals surface area contributed by atoms with Crippen LogP contribution in [0.25, 0.3) is 0 Å². The SMILES string of the molecule is COC1=C(OC)C(=O)N(OC(C)(C)C)C1. The lowest BCUT2D eigenvalue weighted by Gasteiger charge is -2.26. The Kier molecular flexibility index (Phi) is 3.24. The molecule has 0 fully saturated rings. The van der Waals surface area contributed by atoms with Gasteiger partial charge in [0, 0.05) is 0 Å². The molecule has 0 aliphatic carbocycles. The van der Waals surface area contributed by atoms with Crippen LogP contribution in [0.2, 0.25) is 0 Å². The molecule has 0 saturated heterocycles. The summed E-state index contributed by atoms with van der Waals surface area (Å²) in [5.41, 5.74) is -0.419. The van der Waals surface area contributed by atoms with Crippen LogP contribution in [0.15, 0.2) is 11.5 Å². The molecule has 5 heteroatoms. The van der Waals surface area contributed by atoms with Crippen molar-refractivity contribution in [1.29, 1.82) is 0 Å². The van der Waals surface area contributed by atoms with Crippen LogP contribution in [-0.2, 0) is 19.1 Å². The number of nitrogens with zero attached hydrogens (tertiary/aromatic N) is 1. The Morgan fingerprint density at radius 1 is 1.20 bits per heavy atom. The number of rotatable bonds is 3. The van der Waals surface area contributed by atoms with Crippen LogP contribution < -0.4 is 0 Å². The number of hydrogen-bond acceptors (Lipinski definition) is 4. The third kappa shape index (κ3) is 2.62. The lowest BCUT2D eigenvalue weighted by atomic mass is 10.2. The fourth-order valence-electron chi connectivity index (χ4n) is 1.27. The highest BCUT2D eigenvalue weighted by Gasteiger charge is 2.35. The summed E-state index contributed by atoms with van der Waals surface area (Å²) in [5.74, 6) is 0.401. The predicted molar refractivity (Wildman–Crippen MR) is 53.6 cm³/mol. The van der Waals surface area contributed by atoms with Gasteiger partial charge in [-0.1, -0.05) is 0 Å². The summed E-state index contributed by atoms with van der Waals surface area (Å²) >= 11 is 0. The van der Waals surface area contributed by atoms with E-state index in [1.165, 1.54) is 19.3 Å². The Morgan fingerprint density at radius 3 is 2.13 bits per heavy atom. The highest BCUT2D eigenvalue weighted by Crippen LogP contribution is 2.23. The summed E-state index contributed by atoms with van der Waals surface area (Å²) in [5, 5.41) is 1.25. The van der Waals surface area contributed by atoms with Gasteiger partial charge in [0.25, 0.3) is 0 Å². The Bertz CT molecular complexity index is 290. The van der Waals surface area contributed by atoms with Crippen LogP contribution in [0, 0.1) is 0 Å². The molecule has 86 valence electrons. The molecule has 15 heavy (non-hydrogen) atoms. The Hall–Kier alpha value is -1.23. The largest absolute Gasteiger partial charge is 0.495 e. The van der Waals surface area contributed by atoms with E-state index in [1.807, 2.05) is 20.8 Å². The topological polar surface area (TPSA) is 48.0 Å². The summed E-state index contributed by atoms with van der Waals surface area (Å²) in [6, 6.07) is 0. The number of carbonyl (C=O) groups excluding carboxylic acids is 1. The van der Waals surface area contributed by atoms with E-state index < -0.39 is 5.60 Å². The van der Waals surface area contributed by atoms with E-state index in [4.69, 9.17) is 14.3 Å². The van der Waals surface area contributed by atoms with Gasteiger partial charge in [-0.05, 0) is 20.8 Å². The molecule has 1 aliphatic heterocycles. The Balaban J connectivity index is 2.75. The molecular weight excluding hydrogens is 198 g/mol. The summed E-state index contributed by atoms with van der Waals surface area (Å²) in [7, 11) is 2.94. The first-order chi connectivity index (χ1) is 6.89. The van der Waals surface area contributed by atoms with Crippen molar-refractivity contribution in [3.05, 3.63) is 11.5 Å². The van der Waals surface area contributed by atoms with Gasteiger partial charge in [-0.25, -0.2) is 5.06 Å². The van der Waals surface area contributed by atoms with Gasteiger partial charge in [-0.2, -0.15) is 0 Å². The molecule has 0 aromatic carbocycles. The van der Waals surface area contributed by atoms with E-state index in [9.17, 15) is 4.79 Å². The van der Waals surface area contributed by atoms with Gasteiger partial charge in [-0.15, -0.1) is 0 Å². The van der Waals surface area contributed by atoms with Crippen LogP contribution in [0.1, 0.15) is 20.8 Å². The van der Waals surface area contributed by atoms with Crippen molar-refractivity contribution in [3.63, 3.8) is 0 Å². The highest BCUT2D eigenvalue weighted by molar-refractivity contribution is 5.93. The van der Waals surface area contributed by atoms with Crippen LogP contribution in [-0.4, -0.2) is 37.3 Å². The van der Waals surface area contributed by atoms with E-state index in [0.29, 0.717) is 5.76 Å². The molecule has 0 N–H and O–H groups in total. The Labute approximate surface area is 89.5 Å². The molecule has 0 radical (unpaired) electrons. The molecule has 0 bridgehead atoms. The lowest BCUT2D eigenvalue weighted by molar-refractivity contribution is -0.219. The molecule has 1 aliphatic rings. The van der Waals surface area contributed by atoms with E-state index in [0.717, 1.165) is 0 Å². The van der Waals surface area contributed by atoms with Gasteiger partial charge in [0.1, 0.15) is 6.54 Å². The van der Waals surface area contributed by atoms with Gasteiger partial charge in [0.15, 0.2) is 5.76 Å². The molecule has 1 rings (SSSR count). The van der Waals surface area contributed by atoms with Gasteiger partial charge >= 0.3 is 5.91 Å². The number of ether oxygens (including phenoxy) is 2. The molecule has 1 amide bonds. The minimum atomic E-state index is -0.419. The molecule has 0 aromatic heterocycles. The van der Waals surface area contributed by atoms with E-state index >= 15 is 0 Å². The first kappa shape index (κ1) is 11.8. The lowest BCUT2D eigenvalue weighted by Crippen LogP contribution is -2.36. The maximum Gasteiger partial charge on any atom is 0.316 e. The van der Waals surface area contributed by atoms with Gasteiger partial charge in [-0.3, -0.25) is 9.63 Å². The summed E-state index contributed by atoms with van der Waals surface area (Å²) in [6.07, 6.45) is 0. The zero-order chi connectivity index (χ0) is 11.6. The Morgan fingerprint density at radius 2 is 1.80 bits per heavy atom. The second-order valence-electron chi connectivity index (χ2n) is 4.21. The smallest absolute Gasteiger partial charge is 0.316 e. The number of hydrogen-bond donors (Lipinski definition) is 0. The van der Waals surface area contributed by atoms with Crippen LogP contribution in [0.5, 0.6) is 0 Å². The maximum absolute atomic E-state index is 11.7. The van der Waals surface area contributed by atoms with Crippen molar-refractivity contribution in [3.8, 4) is 0 Å². The molecule has 0 atom stereocenters. The standard InChI is InChI=1S/C10H17NO4/c1-10(2,3)15-11-6-7(13-4)8(14-5)9(11)12/h6H2,1-5H3. The fourth-order valence-corrected chi connectivity index (χ4v) is 1.27.